The van der Waals surface area contributed by atoms with Gasteiger partial charge in [0.1, 0.15) is 5.75 Å². The maximum Gasteiger partial charge on any atom is 0.119 e. The molecule has 1 saturated heterocycles. The van der Waals surface area contributed by atoms with E-state index in [1.165, 1.54) is 25.1 Å². The Bertz CT molecular complexity index is 346. The van der Waals surface area contributed by atoms with Gasteiger partial charge in [0.05, 0.1) is 6.61 Å². The smallest absolute Gasteiger partial charge is 0.119 e. The molecule has 0 radical (unpaired) electrons. The fourth-order valence-electron chi connectivity index (χ4n) is 2.31. The highest BCUT2D eigenvalue weighted by atomic mass is 16.5. The molecule has 1 aromatic rings. The molecule has 3 nitrogen and oxygen atoms in total. The summed E-state index contributed by atoms with van der Waals surface area (Å²) in [6.45, 7) is 8.73. The van der Waals surface area contributed by atoms with E-state index in [-0.39, 0.29) is 0 Å². The molecule has 2 rings (SSSR count). The number of nitrogens with zero attached hydrogens (tertiary/aromatic N) is 1. The van der Waals surface area contributed by atoms with Gasteiger partial charge >= 0.3 is 0 Å². The molecule has 3 heteroatoms. The molecule has 0 aromatic heterocycles. The molecular weight excluding hydrogens is 224 g/mol. The molecule has 1 N–H and O–H groups in total. The van der Waals surface area contributed by atoms with Crippen LogP contribution in [-0.2, 0) is 0 Å². The van der Waals surface area contributed by atoms with Crippen molar-refractivity contribution in [2.45, 2.75) is 19.8 Å². The van der Waals surface area contributed by atoms with E-state index in [0.717, 1.165) is 38.4 Å². The highest BCUT2D eigenvalue weighted by Crippen LogP contribution is 2.12. The highest BCUT2D eigenvalue weighted by Gasteiger charge is 2.07. The summed E-state index contributed by atoms with van der Waals surface area (Å²) < 4.78 is 5.77. The van der Waals surface area contributed by atoms with E-state index < -0.39 is 0 Å². The van der Waals surface area contributed by atoms with Crippen molar-refractivity contribution in [2.75, 3.05) is 39.3 Å². The summed E-state index contributed by atoms with van der Waals surface area (Å²) in [4.78, 5) is 2.53. The van der Waals surface area contributed by atoms with Gasteiger partial charge in [0, 0.05) is 19.6 Å². The van der Waals surface area contributed by atoms with Crippen LogP contribution >= 0.6 is 0 Å². The molecule has 1 aliphatic heterocycles. The largest absolute Gasteiger partial charge is 0.494 e. The number of aryl methyl sites for hydroxylation is 1. The van der Waals surface area contributed by atoms with Gasteiger partial charge in [-0.1, -0.05) is 12.1 Å². The fraction of sp³-hybridized carbons (Fsp3) is 0.600. The molecule has 0 spiro atoms. The van der Waals surface area contributed by atoms with Crippen molar-refractivity contribution in [1.82, 2.24) is 10.2 Å². The van der Waals surface area contributed by atoms with Crippen molar-refractivity contribution in [2.24, 2.45) is 0 Å². The third-order valence-corrected chi connectivity index (χ3v) is 3.31. The van der Waals surface area contributed by atoms with Crippen LogP contribution in [0.2, 0.25) is 0 Å². The minimum absolute atomic E-state index is 0.813. The Kier molecular flexibility index (Phi) is 5.49. The molecular formula is C15H24N2O. The first kappa shape index (κ1) is 13.4. The van der Waals surface area contributed by atoms with Crippen LogP contribution in [0, 0.1) is 6.92 Å². The average Bonchev–Trinajstić information content (AvgIpc) is 2.63. The predicted octanol–water partition coefficient (Wildman–Crippen LogP) is 2.06. The van der Waals surface area contributed by atoms with E-state index in [1.807, 2.05) is 12.1 Å². The molecule has 1 aromatic carbocycles. The minimum atomic E-state index is 0.813. The molecule has 0 saturated carbocycles. The molecule has 0 bridgehead atoms. The Labute approximate surface area is 110 Å². The molecule has 0 amide bonds. The van der Waals surface area contributed by atoms with E-state index in [1.54, 1.807) is 0 Å². The summed E-state index contributed by atoms with van der Waals surface area (Å²) in [7, 11) is 0. The van der Waals surface area contributed by atoms with Crippen LogP contribution in [0.3, 0.4) is 0 Å². The first-order valence-corrected chi connectivity index (χ1v) is 6.97. The molecule has 0 aliphatic carbocycles. The number of nitrogens with one attached hydrogen (secondary N) is 1. The Hall–Kier alpha value is -1.06. The highest BCUT2D eigenvalue weighted by molar-refractivity contribution is 5.27. The second kappa shape index (κ2) is 7.39. The minimum Gasteiger partial charge on any atom is -0.494 e. The maximum atomic E-state index is 5.77. The van der Waals surface area contributed by atoms with Gasteiger partial charge in [-0.3, -0.25) is 0 Å². The zero-order chi connectivity index (χ0) is 12.6. The van der Waals surface area contributed by atoms with E-state index in [4.69, 9.17) is 4.74 Å². The molecule has 0 atom stereocenters. The molecule has 1 heterocycles. The van der Waals surface area contributed by atoms with E-state index in [2.05, 4.69) is 29.3 Å². The van der Waals surface area contributed by atoms with Gasteiger partial charge in [-0.2, -0.15) is 0 Å². The zero-order valence-corrected chi connectivity index (χ0v) is 11.3. The van der Waals surface area contributed by atoms with Gasteiger partial charge in [0.2, 0.25) is 0 Å². The third kappa shape index (κ3) is 4.67. The standard InChI is InChI=1S/C15H24N2O/c1-14-5-2-6-15(13-14)18-12-4-10-17-9-3-7-16-8-11-17/h2,5-6,13,16H,3-4,7-12H2,1H3. The second-order valence-electron chi connectivity index (χ2n) is 4.96. The van der Waals surface area contributed by atoms with Crippen LogP contribution in [0.1, 0.15) is 18.4 Å². The summed E-state index contributed by atoms with van der Waals surface area (Å²) in [5, 5.41) is 3.43. The number of hydrogen-bond donors (Lipinski definition) is 1. The Morgan fingerprint density at radius 3 is 3.11 bits per heavy atom. The fourth-order valence-corrected chi connectivity index (χ4v) is 2.31. The Balaban J connectivity index is 1.63. The summed E-state index contributed by atoms with van der Waals surface area (Å²) in [5.74, 6) is 0.993. The van der Waals surface area contributed by atoms with Crippen molar-refractivity contribution < 1.29 is 4.74 Å². The maximum absolute atomic E-state index is 5.77. The third-order valence-electron chi connectivity index (χ3n) is 3.31. The normalized spacial score (nSPS) is 17.4. The van der Waals surface area contributed by atoms with Crippen LogP contribution in [-0.4, -0.2) is 44.2 Å². The van der Waals surface area contributed by atoms with Gasteiger partial charge in [-0.15, -0.1) is 0 Å². The summed E-state index contributed by atoms with van der Waals surface area (Å²) >= 11 is 0. The number of benzene rings is 1. The molecule has 100 valence electrons. The van der Waals surface area contributed by atoms with E-state index >= 15 is 0 Å². The van der Waals surface area contributed by atoms with Gasteiger partial charge in [-0.25, -0.2) is 0 Å². The summed E-state index contributed by atoms with van der Waals surface area (Å²) in [6, 6.07) is 8.26. The van der Waals surface area contributed by atoms with Gasteiger partial charge in [0.25, 0.3) is 0 Å². The number of hydrogen-bond acceptors (Lipinski definition) is 3. The molecule has 0 unspecified atom stereocenters. The van der Waals surface area contributed by atoms with Gasteiger partial charge < -0.3 is 15.0 Å². The predicted molar refractivity (Wildman–Crippen MR) is 75.2 cm³/mol. The van der Waals surface area contributed by atoms with Crippen LogP contribution in [0.25, 0.3) is 0 Å². The number of rotatable bonds is 5. The summed E-state index contributed by atoms with van der Waals surface area (Å²) in [5.41, 5.74) is 1.26. The monoisotopic (exact) mass is 248 g/mol. The van der Waals surface area contributed by atoms with Crippen LogP contribution in [0.4, 0.5) is 0 Å². The quantitative estimate of drug-likeness (QED) is 0.807. The van der Waals surface area contributed by atoms with Crippen LogP contribution < -0.4 is 10.1 Å². The van der Waals surface area contributed by atoms with Crippen LogP contribution in [0.5, 0.6) is 5.75 Å². The average molecular weight is 248 g/mol. The topological polar surface area (TPSA) is 24.5 Å². The molecule has 1 aliphatic rings. The van der Waals surface area contributed by atoms with Crippen molar-refractivity contribution in [3.63, 3.8) is 0 Å². The Morgan fingerprint density at radius 1 is 1.28 bits per heavy atom. The van der Waals surface area contributed by atoms with Crippen molar-refractivity contribution in [3.8, 4) is 5.75 Å². The van der Waals surface area contributed by atoms with Crippen molar-refractivity contribution >= 4 is 0 Å². The lowest BCUT2D eigenvalue weighted by Crippen LogP contribution is -2.29. The SMILES string of the molecule is Cc1cccc(OCCCN2CCCNCC2)c1. The van der Waals surface area contributed by atoms with Crippen LogP contribution in [0.15, 0.2) is 24.3 Å². The lowest BCUT2D eigenvalue weighted by molar-refractivity contribution is 0.244. The summed E-state index contributed by atoms with van der Waals surface area (Å²) in [6.07, 6.45) is 2.37. The zero-order valence-electron chi connectivity index (χ0n) is 11.3. The van der Waals surface area contributed by atoms with Crippen molar-refractivity contribution in [3.05, 3.63) is 29.8 Å². The first-order valence-electron chi connectivity index (χ1n) is 6.97. The first-order chi connectivity index (χ1) is 8.84. The molecule has 1 fully saturated rings. The van der Waals surface area contributed by atoms with E-state index in [9.17, 15) is 0 Å². The lowest BCUT2D eigenvalue weighted by atomic mass is 10.2. The number of ether oxygens (including phenoxy) is 1. The van der Waals surface area contributed by atoms with Gasteiger partial charge in [-0.05, 0) is 50.6 Å². The molecule has 18 heavy (non-hydrogen) atoms. The second-order valence-corrected chi connectivity index (χ2v) is 4.96. The van der Waals surface area contributed by atoms with E-state index in [0.29, 0.717) is 0 Å². The van der Waals surface area contributed by atoms with Crippen molar-refractivity contribution in [1.29, 1.82) is 0 Å². The lowest BCUT2D eigenvalue weighted by Gasteiger charge is -2.19. The Morgan fingerprint density at radius 2 is 2.22 bits per heavy atom. The van der Waals surface area contributed by atoms with Gasteiger partial charge in [0.15, 0.2) is 0 Å².